The van der Waals surface area contributed by atoms with E-state index in [9.17, 15) is 4.79 Å². The van der Waals surface area contributed by atoms with Crippen LogP contribution in [0.5, 0.6) is 17.2 Å². The minimum Gasteiger partial charge on any atom is -0.497 e. The lowest BCUT2D eigenvalue weighted by molar-refractivity contribution is 0.0729. The Hall–Kier alpha value is -3.73. The molecule has 0 saturated carbocycles. The number of aromatic amines is 1. The molecule has 0 aliphatic carbocycles. The van der Waals surface area contributed by atoms with Crippen LogP contribution in [0, 0.1) is 6.92 Å². The molecule has 5 nitrogen and oxygen atoms in total. The van der Waals surface area contributed by atoms with Gasteiger partial charge in [-0.05, 0) is 61.4 Å². The van der Waals surface area contributed by atoms with Crippen LogP contribution in [0.15, 0.2) is 72.8 Å². The van der Waals surface area contributed by atoms with Gasteiger partial charge in [-0.2, -0.15) is 0 Å². The van der Waals surface area contributed by atoms with Gasteiger partial charge in [0, 0.05) is 16.6 Å². The fourth-order valence-corrected chi connectivity index (χ4v) is 3.27. The zero-order valence-electron chi connectivity index (χ0n) is 18.3. The molecule has 0 amide bonds. The van der Waals surface area contributed by atoms with Crippen LogP contribution in [-0.4, -0.2) is 25.2 Å². The van der Waals surface area contributed by atoms with Crippen LogP contribution < -0.4 is 14.2 Å². The number of hydrogen-bond acceptors (Lipinski definition) is 4. The van der Waals surface area contributed by atoms with Gasteiger partial charge in [-0.1, -0.05) is 37.3 Å². The summed E-state index contributed by atoms with van der Waals surface area (Å²) >= 11 is 0. The third-order valence-electron chi connectivity index (χ3n) is 4.82. The molecule has 160 valence electrons. The zero-order chi connectivity index (χ0) is 22.2. The minimum absolute atomic E-state index is 0.382. The molecule has 0 fully saturated rings. The summed E-state index contributed by atoms with van der Waals surface area (Å²) in [5, 5.41) is 1.20. The molecule has 0 aliphatic rings. The highest BCUT2D eigenvalue weighted by atomic mass is 16.6. The predicted molar refractivity (Wildman–Crippen MR) is 123 cm³/mol. The van der Waals surface area contributed by atoms with Gasteiger partial charge in [-0.15, -0.1) is 0 Å². The first-order chi connectivity index (χ1) is 15.0. The Balaban J connectivity index is 0.000000194. The number of aromatic nitrogens is 1. The summed E-state index contributed by atoms with van der Waals surface area (Å²) in [6, 6.07) is 22.6. The van der Waals surface area contributed by atoms with Gasteiger partial charge in [0.15, 0.2) is 11.5 Å². The van der Waals surface area contributed by atoms with E-state index >= 15 is 0 Å². The van der Waals surface area contributed by atoms with Crippen LogP contribution in [0.25, 0.3) is 10.9 Å². The van der Waals surface area contributed by atoms with Crippen molar-refractivity contribution in [3.05, 3.63) is 89.6 Å². The van der Waals surface area contributed by atoms with E-state index in [0.29, 0.717) is 17.1 Å². The Morgan fingerprint density at radius 1 is 0.903 bits per heavy atom. The number of carbonyl (C=O) groups excluding carboxylic acids is 1. The lowest BCUT2D eigenvalue weighted by Crippen LogP contribution is -2.09. The molecule has 0 unspecified atom stereocenters. The molecule has 0 bridgehead atoms. The van der Waals surface area contributed by atoms with Gasteiger partial charge in [0.1, 0.15) is 5.75 Å². The standard InChI is InChI=1S/C16H16O3.C10H11NO/c1-3-12-10-7-11-14(15(12)18-2)19-16(17)13-8-5-4-6-9-13;1-7-5-8-6-9(12-2)3-4-10(8)11-7/h4-11H,3H2,1-2H3;3-6,11H,1-2H3. The maximum absolute atomic E-state index is 12.0. The smallest absolute Gasteiger partial charge is 0.343 e. The van der Waals surface area contributed by atoms with E-state index < -0.39 is 0 Å². The maximum atomic E-state index is 12.0. The summed E-state index contributed by atoms with van der Waals surface area (Å²) in [5.41, 5.74) is 3.87. The molecule has 5 heteroatoms. The second kappa shape index (κ2) is 10.3. The van der Waals surface area contributed by atoms with Gasteiger partial charge < -0.3 is 19.2 Å². The zero-order valence-corrected chi connectivity index (χ0v) is 18.3. The second-order valence-electron chi connectivity index (χ2n) is 6.96. The quantitative estimate of drug-likeness (QED) is 0.321. The van der Waals surface area contributed by atoms with Gasteiger partial charge in [-0.25, -0.2) is 4.79 Å². The fraction of sp³-hybridized carbons (Fsp3) is 0.192. The maximum Gasteiger partial charge on any atom is 0.343 e. The molecule has 1 aromatic heterocycles. The Morgan fingerprint density at radius 2 is 1.68 bits per heavy atom. The molecule has 0 spiro atoms. The van der Waals surface area contributed by atoms with E-state index in [1.165, 1.54) is 11.1 Å². The summed E-state index contributed by atoms with van der Waals surface area (Å²) in [4.78, 5) is 15.3. The van der Waals surface area contributed by atoms with E-state index in [2.05, 4.69) is 11.1 Å². The number of fused-ring (bicyclic) bond motifs is 1. The van der Waals surface area contributed by atoms with Crippen LogP contribution in [0.2, 0.25) is 0 Å². The number of methoxy groups -OCH3 is 2. The van der Waals surface area contributed by atoms with Crippen molar-refractivity contribution in [2.24, 2.45) is 0 Å². The topological polar surface area (TPSA) is 60.6 Å². The molecule has 4 rings (SSSR count). The van der Waals surface area contributed by atoms with Crippen LogP contribution in [0.4, 0.5) is 0 Å². The van der Waals surface area contributed by atoms with Crippen molar-refractivity contribution in [2.75, 3.05) is 14.2 Å². The highest BCUT2D eigenvalue weighted by molar-refractivity contribution is 5.91. The number of benzene rings is 3. The van der Waals surface area contributed by atoms with Crippen LogP contribution in [-0.2, 0) is 6.42 Å². The summed E-state index contributed by atoms with van der Waals surface area (Å²) < 4.78 is 15.8. The average molecular weight is 418 g/mol. The number of hydrogen-bond donors (Lipinski definition) is 1. The highest BCUT2D eigenvalue weighted by Gasteiger charge is 2.14. The monoisotopic (exact) mass is 417 g/mol. The summed E-state index contributed by atoms with van der Waals surface area (Å²) in [6.45, 7) is 4.08. The van der Waals surface area contributed by atoms with Crippen molar-refractivity contribution in [2.45, 2.75) is 20.3 Å². The van der Waals surface area contributed by atoms with Crippen LogP contribution in [0.1, 0.15) is 28.5 Å². The summed E-state index contributed by atoms with van der Waals surface area (Å²) in [6.07, 6.45) is 0.819. The molecular formula is C26H27NO4. The number of ether oxygens (including phenoxy) is 3. The Kier molecular flexibility index (Phi) is 7.33. The Bertz CT molecular complexity index is 1150. The van der Waals surface area contributed by atoms with Gasteiger partial charge in [0.25, 0.3) is 0 Å². The van der Waals surface area contributed by atoms with Gasteiger partial charge in [0.2, 0.25) is 0 Å². The number of carbonyl (C=O) groups is 1. The lowest BCUT2D eigenvalue weighted by Gasteiger charge is -2.12. The van der Waals surface area contributed by atoms with Gasteiger partial charge in [-0.3, -0.25) is 0 Å². The summed E-state index contributed by atoms with van der Waals surface area (Å²) in [7, 11) is 3.26. The number of aryl methyl sites for hydroxylation is 2. The molecule has 4 aromatic rings. The molecule has 1 N–H and O–H groups in total. The third-order valence-corrected chi connectivity index (χ3v) is 4.82. The van der Waals surface area contributed by atoms with Crippen molar-refractivity contribution >= 4 is 16.9 Å². The lowest BCUT2D eigenvalue weighted by atomic mass is 10.1. The molecule has 0 radical (unpaired) electrons. The average Bonchev–Trinajstić information content (AvgIpc) is 3.18. The van der Waals surface area contributed by atoms with E-state index in [4.69, 9.17) is 14.2 Å². The minimum atomic E-state index is -0.382. The molecule has 31 heavy (non-hydrogen) atoms. The number of esters is 1. The fourth-order valence-electron chi connectivity index (χ4n) is 3.27. The first kappa shape index (κ1) is 22.0. The molecule has 1 heterocycles. The molecule has 0 atom stereocenters. The van der Waals surface area contributed by atoms with Gasteiger partial charge >= 0.3 is 5.97 Å². The second-order valence-corrected chi connectivity index (χ2v) is 6.96. The number of H-pyrrole nitrogens is 1. The highest BCUT2D eigenvalue weighted by Crippen LogP contribution is 2.31. The number of rotatable bonds is 5. The van der Waals surface area contributed by atoms with Crippen molar-refractivity contribution in [3.63, 3.8) is 0 Å². The van der Waals surface area contributed by atoms with E-state index in [-0.39, 0.29) is 5.97 Å². The summed E-state index contributed by atoms with van der Waals surface area (Å²) in [5.74, 6) is 1.60. The number of para-hydroxylation sites is 1. The largest absolute Gasteiger partial charge is 0.497 e. The van der Waals surface area contributed by atoms with Gasteiger partial charge in [0.05, 0.1) is 19.8 Å². The van der Waals surface area contributed by atoms with Crippen molar-refractivity contribution in [1.82, 2.24) is 4.98 Å². The molecular weight excluding hydrogens is 390 g/mol. The first-order valence-corrected chi connectivity index (χ1v) is 10.1. The molecule has 3 aromatic carbocycles. The van der Waals surface area contributed by atoms with Crippen LogP contribution in [0.3, 0.4) is 0 Å². The van der Waals surface area contributed by atoms with E-state index in [0.717, 1.165) is 23.3 Å². The van der Waals surface area contributed by atoms with Crippen molar-refractivity contribution in [1.29, 1.82) is 0 Å². The van der Waals surface area contributed by atoms with E-state index in [1.54, 1.807) is 44.6 Å². The van der Waals surface area contributed by atoms with Crippen molar-refractivity contribution < 1.29 is 19.0 Å². The number of nitrogens with one attached hydrogen (secondary N) is 1. The Labute approximate surface area is 182 Å². The molecule has 0 saturated heterocycles. The predicted octanol–water partition coefficient (Wildman–Crippen LogP) is 5.96. The third kappa shape index (κ3) is 5.45. The SMILES string of the molecule is CCc1cccc(OC(=O)c2ccccc2)c1OC.COc1ccc2[nH]c(C)cc2c1. The van der Waals surface area contributed by atoms with Crippen LogP contribution >= 0.6 is 0 Å². The molecule has 0 aliphatic heterocycles. The van der Waals surface area contributed by atoms with Crippen molar-refractivity contribution in [3.8, 4) is 17.2 Å². The van der Waals surface area contributed by atoms with E-state index in [1.807, 2.05) is 50.2 Å². The normalized spacial score (nSPS) is 10.2. The first-order valence-electron chi connectivity index (χ1n) is 10.1. The Morgan fingerprint density at radius 3 is 2.35 bits per heavy atom.